The molecule has 0 radical (unpaired) electrons. The molecular formula is C18H31N3O6Si. The van der Waals surface area contributed by atoms with Gasteiger partial charge in [-0.3, -0.25) is 23.9 Å². The van der Waals surface area contributed by atoms with Gasteiger partial charge >= 0.3 is 11.7 Å². The zero-order valence-corrected chi connectivity index (χ0v) is 18.7. The fraction of sp³-hybridized carbons (Fsp3) is 0.667. The van der Waals surface area contributed by atoms with Crippen molar-refractivity contribution in [2.75, 3.05) is 26.8 Å². The Morgan fingerprint density at radius 2 is 1.86 bits per heavy atom. The second-order valence-corrected chi connectivity index (χ2v) is 13.0. The van der Waals surface area contributed by atoms with Crippen molar-refractivity contribution in [1.29, 1.82) is 0 Å². The topological polar surface area (TPSA) is 111 Å². The van der Waals surface area contributed by atoms with Crippen LogP contribution in [0, 0.1) is 6.92 Å². The highest BCUT2D eigenvalue weighted by atomic mass is 28.4. The monoisotopic (exact) mass is 413 g/mol. The molecule has 28 heavy (non-hydrogen) atoms. The van der Waals surface area contributed by atoms with E-state index in [2.05, 4.69) is 43.6 Å². The first kappa shape index (κ1) is 23.8. The average molecular weight is 414 g/mol. The number of esters is 1. The van der Waals surface area contributed by atoms with Gasteiger partial charge in [-0.1, -0.05) is 20.8 Å². The van der Waals surface area contributed by atoms with Crippen LogP contribution in [0.1, 0.15) is 26.3 Å². The third-order valence-electron chi connectivity index (χ3n) is 5.03. The maximum absolute atomic E-state index is 12.7. The Bertz CT molecular complexity index is 822. The van der Waals surface area contributed by atoms with Gasteiger partial charge in [0.1, 0.15) is 13.1 Å². The van der Waals surface area contributed by atoms with Crippen LogP contribution in [0.2, 0.25) is 18.1 Å². The molecule has 0 bridgehead atoms. The second-order valence-electron chi connectivity index (χ2n) is 8.20. The molecule has 1 aromatic heterocycles. The number of methoxy groups -OCH3 is 1. The van der Waals surface area contributed by atoms with Gasteiger partial charge in [-0.05, 0) is 25.1 Å². The molecule has 0 aliphatic rings. The van der Waals surface area contributed by atoms with E-state index in [1.54, 1.807) is 6.92 Å². The molecule has 0 fully saturated rings. The number of hydrogen-bond donors (Lipinski definition) is 1. The number of aromatic amines is 1. The summed E-state index contributed by atoms with van der Waals surface area (Å²) >= 11 is 0. The predicted octanol–water partition coefficient (Wildman–Crippen LogP) is 0.868. The largest absolute Gasteiger partial charge is 0.468 e. The molecule has 9 nitrogen and oxygen atoms in total. The SMILES string of the molecule is COC(=O)CN(CCO[Si](C)(C)C(C)(C)C)C(=O)Cn1cc(C)c(=O)[nH]c1=O. The van der Waals surface area contributed by atoms with E-state index < -0.39 is 31.4 Å². The van der Waals surface area contributed by atoms with Gasteiger partial charge in [-0.25, -0.2) is 4.79 Å². The first-order valence-corrected chi connectivity index (χ1v) is 12.0. The quantitative estimate of drug-likeness (QED) is 0.500. The molecule has 1 rings (SSSR count). The van der Waals surface area contributed by atoms with Gasteiger partial charge in [0.05, 0.1) is 13.7 Å². The lowest BCUT2D eigenvalue weighted by molar-refractivity contribution is -0.147. The number of ether oxygens (including phenoxy) is 1. The number of carbonyl (C=O) groups is 2. The lowest BCUT2D eigenvalue weighted by atomic mass is 10.2. The summed E-state index contributed by atoms with van der Waals surface area (Å²) < 4.78 is 11.8. The van der Waals surface area contributed by atoms with Gasteiger partial charge < -0.3 is 14.1 Å². The van der Waals surface area contributed by atoms with E-state index in [0.717, 1.165) is 4.57 Å². The van der Waals surface area contributed by atoms with Gasteiger partial charge in [-0.15, -0.1) is 0 Å². The summed E-state index contributed by atoms with van der Waals surface area (Å²) in [6.45, 7) is 12.0. The highest BCUT2D eigenvalue weighted by Gasteiger charge is 2.37. The fourth-order valence-electron chi connectivity index (χ4n) is 2.12. The molecule has 0 saturated heterocycles. The average Bonchev–Trinajstić information content (AvgIpc) is 2.57. The smallest absolute Gasteiger partial charge is 0.328 e. The van der Waals surface area contributed by atoms with Gasteiger partial charge in [0, 0.05) is 18.3 Å². The lowest BCUT2D eigenvalue weighted by Crippen LogP contribution is -2.46. The summed E-state index contributed by atoms with van der Waals surface area (Å²) in [5.74, 6) is -1.01. The Kier molecular flexibility index (Phi) is 7.94. The summed E-state index contributed by atoms with van der Waals surface area (Å²) in [5.41, 5.74) is -0.865. The molecule has 0 aliphatic heterocycles. The number of aryl methyl sites for hydroxylation is 1. The fourth-order valence-corrected chi connectivity index (χ4v) is 3.16. The van der Waals surface area contributed by atoms with Crippen molar-refractivity contribution in [3.05, 3.63) is 32.6 Å². The van der Waals surface area contributed by atoms with Crippen LogP contribution in [-0.2, 0) is 25.3 Å². The Morgan fingerprint density at radius 1 is 1.25 bits per heavy atom. The molecule has 1 N–H and O–H groups in total. The Hall–Kier alpha value is -2.20. The summed E-state index contributed by atoms with van der Waals surface area (Å²) in [5, 5.41) is 0.0188. The van der Waals surface area contributed by atoms with Crippen LogP contribution in [0.3, 0.4) is 0 Å². The first-order valence-electron chi connectivity index (χ1n) is 9.07. The van der Waals surface area contributed by atoms with Crippen LogP contribution >= 0.6 is 0 Å². The summed E-state index contributed by atoms with van der Waals surface area (Å²) in [6.07, 6.45) is 1.32. The van der Waals surface area contributed by atoms with Crippen LogP contribution in [0.25, 0.3) is 0 Å². The van der Waals surface area contributed by atoms with Crippen molar-refractivity contribution in [2.24, 2.45) is 0 Å². The normalized spacial score (nSPS) is 12.0. The molecule has 0 saturated carbocycles. The number of rotatable bonds is 8. The molecule has 10 heteroatoms. The number of nitrogens with one attached hydrogen (secondary N) is 1. The standard InChI is InChI=1S/C18H31N3O6Si/c1-13-10-21(17(25)19-16(13)24)11-14(22)20(12-15(23)26-5)8-9-27-28(6,7)18(2,3)4/h10H,8-9,11-12H2,1-7H3,(H,19,24,25). The molecule has 0 aliphatic carbocycles. The van der Waals surface area contributed by atoms with Gasteiger partial charge in [0.25, 0.3) is 5.56 Å². The van der Waals surface area contributed by atoms with Gasteiger partial charge in [-0.2, -0.15) is 0 Å². The van der Waals surface area contributed by atoms with Crippen molar-refractivity contribution in [3.8, 4) is 0 Å². The van der Waals surface area contributed by atoms with Crippen LogP contribution < -0.4 is 11.2 Å². The molecule has 0 spiro atoms. The van der Waals surface area contributed by atoms with Crippen LogP contribution in [0.5, 0.6) is 0 Å². The number of nitrogens with zero attached hydrogens (tertiary/aromatic N) is 2. The van der Waals surface area contributed by atoms with Crippen molar-refractivity contribution in [1.82, 2.24) is 14.5 Å². The summed E-state index contributed by atoms with van der Waals surface area (Å²) in [6, 6.07) is 0. The Labute approximate surface area is 165 Å². The van der Waals surface area contributed by atoms with Gasteiger partial charge in [0.2, 0.25) is 5.91 Å². The Morgan fingerprint density at radius 3 is 2.39 bits per heavy atom. The third-order valence-corrected chi connectivity index (χ3v) is 9.56. The summed E-state index contributed by atoms with van der Waals surface area (Å²) in [7, 11) is -0.758. The minimum Gasteiger partial charge on any atom is -0.468 e. The van der Waals surface area contributed by atoms with Crippen molar-refractivity contribution in [2.45, 2.75) is 52.4 Å². The zero-order valence-electron chi connectivity index (χ0n) is 17.7. The number of hydrogen-bond acceptors (Lipinski definition) is 6. The maximum atomic E-state index is 12.7. The van der Waals surface area contributed by atoms with Crippen molar-refractivity contribution < 1.29 is 18.8 Å². The molecule has 1 aromatic rings. The van der Waals surface area contributed by atoms with E-state index in [4.69, 9.17) is 4.43 Å². The molecule has 158 valence electrons. The number of H-pyrrole nitrogens is 1. The lowest BCUT2D eigenvalue weighted by Gasteiger charge is -2.36. The predicted molar refractivity (Wildman–Crippen MR) is 108 cm³/mol. The van der Waals surface area contributed by atoms with Crippen molar-refractivity contribution >= 4 is 20.2 Å². The Balaban J connectivity index is 2.90. The van der Waals surface area contributed by atoms with E-state index in [0.29, 0.717) is 5.56 Å². The highest BCUT2D eigenvalue weighted by molar-refractivity contribution is 6.74. The van der Waals surface area contributed by atoms with E-state index in [1.807, 2.05) is 0 Å². The molecule has 0 atom stereocenters. The molecular weight excluding hydrogens is 382 g/mol. The second kappa shape index (κ2) is 9.33. The number of aromatic nitrogens is 2. The highest BCUT2D eigenvalue weighted by Crippen LogP contribution is 2.36. The number of carbonyl (C=O) groups excluding carboxylic acids is 2. The van der Waals surface area contributed by atoms with E-state index in [9.17, 15) is 19.2 Å². The summed E-state index contributed by atoms with van der Waals surface area (Å²) in [4.78, 5) is 51.2. The first-order chi connectivity index (χ1) is 12.8. The molecule has 0 aromatic carbocycles. The van der Waals surface area contributed by atoms with Crippen LogP contribution in [-0.4, -0.2) is 61.5 Å². The molecule has 0 unspecified atom stereocenters. The zero-order chi connectivity index (χ0) is 21.7. The van der Waals surface area contributed by atoms with Crippen LogP contribution in [0.4, 0.5) is 0 Å². The molecule has 1 amide bonds. The van der Waals surface area contributed by atoms with E-state index in [-0.39, 0.29) is 31.3 Å². The molecule has 1 heterocycles. The minimum absolute atomic E-state index is 0.0188. The van der Waals surface area contributed by atoms with E-state index >= 15 is 0 Å². The minimum atomic E-state index is -2.00. The third kappa shape index (κ3) is 6.45. The van der Waals surface area contributed by atoms with Gasteiger partial charge in [0.15, 0.2) is 8.32 Å². The maximum Gasteiger partial charge on any atom is 0.328 e. The van der Waals surface area contributed by atoms with Crippen LogP contribution in [0.15, 0.2) is 15.8 Å². The number of amides is 1. The van der Waals surface area contributed by atoms with E-state index in [1.165, 1.54) is 18.2 Å². The van der Waals surface area contributed by atoms with Crippen molar-refractivity contribution in [3.63, 3.8) is 0 Å².